The molecule has 1 aliphatic heterocycles. The van der Waals surface area contributed by atoms with Crippen molar-refractivity contribution in [1.29, 1.82) is 0 Å². The van der Waals surface area contributed by atoms with Crippen molar-refractivity contribution in [3.63, 3.8) is 0 Å². The number of aromatic nitrogens is 4. The Morgan fingerprint density at radius 1 is 1.33 bits per heavy atom. The highest BCUT2D eigenvalue weighted by Crippen LogP contribution is 2.55. The zero-order chi connectivity index (χ0) is 21.3. The normalized spacial score (nSPS) is 28.0. The minimum absolute atomic E-state index is 0.0860. The molecule has 1 saturated carbocycles. The van der Waals surface area contributed by atoms with Crippen LogP contribution in [0.15, 0.2) is 27.6 Å². The number of nitrogens with one attached hydrogen (secondary N) is 1. The van der Waals surface area contributed by atoms with Crippen LogP contribution in [0.1, 0.15) is 68.0 Å². The van der Waals surface area contributed by atoms with E-state index in [1.807, 2.05) is 13.0 Å². The Morgan fingerprint density at radius 3 is 2.70 bits per heavy atom. The number of aromatic carboxylic acids is 1. The molecule has 3 atom stereocenters. The molecule has 30 heavy (non-hydrogen) atoms. The third-order valence-electron chi connectivity index (χ3n) is 6.57. The topological polar surface area (TPSA) is 123 Å². The molecule has 0 aromatic carbocycles. The Balaban J connectivity index is 1.65. The zero-order valence-electron chi connectivity index (χ0n) is 17.1. The van der Waals surface area contributed by atoms with Crippen molar-refractivity contribution in [1.82, 2.24) is 19.7 Å². The quantitative estimate of drug-likeness (QED) is 0.675. The number of aromatic amines is 1. The first-order valence-corrected chi connectivity index (χ1v) is 10.2. The smallest absolute Gasteiger partial charge is 0.438 e. The van der Waals surface area contributed by atoms with E-state index in [0.29, 0.717) is 24.4 Å². The lowest BCUT2D eigenvalue weighted by atomic mass is 9.86. The lowest BCUT2D eigenvalue weighted by Crippen LogP contribution is -2.33. The standard InChI is InChI=1S/C21H24N4O5/c1-11-8-21(11,18-23-19(28)30-24-18)25-15(17(26)27)7-13-6-14(22-10-16(13)25)12-4-5-29-20(2,3)9-12/h6-7,10-12H,4-5,8-9H2,1-3H3,(H,26,27)(H,23,24,28)/t11-,12+,21-/m0/s1. The summed E-state index contributed by atoms with van der Waals surface area (Å²) in [6.07, 6.45) is 4.13. The number of hydrogen-bond donors (Lipinski definition) is 2. The van der Waals surface area contributed by atoms with Crippen LogP contribution in [-0.2, 0) is 10.3 Å². The average Bonchev–Trinajstić information content (AvgIpc) is 3.03. The van der Waals surface area contributed by atoms with E-state index in [2.05, 4.69) is 24.0 Å². The molecule has 3 aromatic heterocycles. The van der Waals surface area contributed by atoms with Crippen LogP contribution >= 0.6 is 0 Å². The van der Waals surface area contributed by atoms with Crippen molar-refractivity contribution < 1.29 is 19.2 Å². The van der Waals surface area contributed by atoms with Gasteiger partial charge in [0.05, 0.1) is 17.3 Å². The molecule has 4 heterocycles. The molecule has 9 nitrogen and oxygen atoms in total. The summed E-state index contributed by atoms with van der Waals surface area (Å²) in [5.74, 6) is -1.00. The van der Waals surface area contributed by atoms with E-state index in [1.54, 1.807) is 16.8 Å². The van der Waals surface area contributed by atoms with Crippen LogP contribution in [0.2, 0.25) is 0 Å². The summed E-state index contributed by atoms with van der Waals surface area (Å²) in [4.78, 5) is 31.0. The highest BCUT2D eigenvalue weighted by molar-refractivity contribution is 5.95. The second-order valence-electron chi connectivity index (χ2n) is 9.11. The van der Waals surface area contributed by atoms with E-state index in [-0.39, 0.29) is 23.1 Å². The molecule has 1 saturated heterocycles. The Kier molecular flexibility index (Phi) is 3.99. The fourth-order valence-electron chi connectivity index (χ4n) is 4.99. The van der Waals surface area contributed by atoms with Gasteiger partial charge in [0.1, 0.15) is 11.2 Å². The third kappa shape index (κ3) is 2.79. The first-order valence-electron chi connectivity index (χ1n) is 10.2. The van der Waals surface area contributed by atoms with Crippen LogP contribution in [0, 0.1) is 5.92 Å². The summed E-state index contributed by atoms with van der Waals surface area (Å²) in [5, 5.41) is 14.6. The number of carboxylic acid groups (broad SMARTS) is 1. The average molecular weight is 412 g/mol. The van der Waals surface area contributed by atoms with Gasteiger partial charge in [-0.25, -0.2) is 9.59 Å². The van der Waals surface area contributed by atoms with Crippen molar-refractivity contribution in [3.05, 3.63) is 46.1 Å². The maximum absolute atomic E-state index is 12.1. The van der Waals surface area contributed by atoms with Gasteiger partial charge in [-0.05, 0) is 51.2 Å². The molecular formula is C21H24N4O5. The molecular weight excluding hydrogens is 388 g/mol. The molecule has 2 N–H and O–H groups in total. The first kappa shape index (κ1) is 19.0. The molecule has 1 aliphatic carbocycles. The molecule has 9 heteroatoms. The van der Waals surface area contributed by atoms with Crippen molar-refractivity contribution in [3.8, 4) is 0 Å². The summed E-state index contributed by atoms with van der Waals surface area (Å²) in [7, 11) is 0. The molecule has 158 valence electrons. The second-order valence-corrected chi connectivity index (χ2v) is 9.11. The minimum Gasteiger partial charge on any atom is -0.477 e. The summed E-state index contributed by atoms with van der Waals surface area (Å²) < 4.78 is 12.3. The Hall–Kier alpha value is -2.94. The number of carbonyl (C=O) groups is 1. The van der Waals surface area contributed by atoms with Gasteiger partial charge >= 0.3 is 11.7 Å². The SMILES string of the molecule is C[C@H]1C[C@]1(c1noc(=O)[nH]1)n1c(C(=O)O)cc2cc([C@@H]3CCOC(C)(C)C3)ncc21. The van der Waals surface area contributed by atoms with Gasteiger partial charge in [0, 0.05) is 23.6 Å². The van der Waals surface area contributed by atoms with Crippen LogP contribution in [-0.4, -0.2) is 43.0 Å². The number of pyridine rings is 1. The van der Waals surface area contributed by atoms with Crippen LogP contribution in [0.3, 0.4) is 0 Å². The Labute approximate surface area is 172 Å². The lowest BCUT2D eigenvalue weighted by molar-refractivity contribution is -0.0597. The number of hydrogen-bond acceptors (Lipinski definition) is 6. The van der Waals surface area contributed by atoms with E-state index in [0.717, 1.165) is 23.9 Å². The van der Waals surface area contributed by atoms with Crippen molar-refractivity contribution >= 4 is 16.9 Å². The van der Waals surface area contributed by atoms with Crippen molar-refractivity contribution in [2.45, 2.75) is 57.1 Å². The predicted octanol–water partition coefficient (Wildman–Crippen LogP) is 2.87. The minimum atomic E-state index is -1.04. The van der Waals surface area contributed by atoms with Gasteiger partial charge in [-0.15, -0.1) is 0 Å². The molecule has 0 unspecified atom stereocenters. The van der Waals surface area contributed by atoms with Gasteiger partial charge in [-0.2, -0.15) is 0 Å². The first-order chi connectivity index (χ1) is 14.2. The number of rotatable bonds is 4. The number of H-pyrrole nitrogens is 1. The monoisotopic (exact) mass is 412 g/mol. The maximum Gasteiger partial charge on any atom is 0.438 e. The molecule has 5 rings (SSSR count). The number of nitrogens with zero attached hydrogens (tertiary/aromatic N) is 3. The fraction of sp³-hybridized carbons (Fsp3) is 0.524. The lowest BCUT2D eigenvalue weighted by Gasteiger charge is -2.35. The van der Waals surface area contributed by atoms with Crippen molar-refractivity contribution in [2.75, 3.05) is 6.61 Å². The summed E-state index contributed by atoms with van der Waals surface area (Å²) in [6, 6.07) is 3.66. The van der Waals surface area contributed by atoms with E-state index < -0.39 is 17.3 Å². The molecule has 3 aromatic rings. The second kappa shape index (κ2) is 6.28. The van der Waals surface area contributed by atoms with Crippen LogP contribution in [0.4, 0.5) is 0 Å². The molecule has 0 radical (unpaired) electrons. The molecule has 0 spiro atoms. The molecule has 0 bridgehead atoms. The van der Waals surface area contributed by atoms with Gasteiger partial charge < -0.3 is 14.4 Å². The number of ether oxygens (including phenoxy) is 1. The van der Waals surface area contributed by atoms with E-state index in [1.165, 1.54) is 0 Å². The predicted molar refractivity (Wildman–Crippen MR) is 107 cm³/mol. The molecule has 0 amide bonds. The molecule has 2 fully saturated rings. The van der Waals surface area contributed by atoms with E-state index in [4.69, 9.17) is 14.2 Å². The Bertz CT molecular complexity index is 1210. The highest BCUT2D eigenvalue weighted by atomic mass is 16.5. The summed E-state index contributed by atoms with van der Waals surface area (Å²) in [5.41, 5.74) is 0.830. The largest absolute Gasteiger partial charge is 0.477 e. The third-order valence-corrected chi connectivity index (χ3v) is 6.57. The number of carboxylic acids is 1. The zero-order valence-corrected chi connectivity index (χ0v) is 17.1. The van der Waals surface area contributed by atoms with E-state index in [9.17, 15) is 14.7 Å². The van der Waals surface area contributed by atoms with Crippen molar-refractivity contribution in [2.24, 2.45) is 5.92 Å². The van der Waals surface area contributed by atoms with Gasteiger partial charge in [-0.1, -0.05) is 12.1 Å². The van der Waals surface area contributed by atoms with Gasteiger partial charge in [0.2, 0.25) is 0 Å². The van der Waals surface area contributed by atoms with Gasteiger partial charge in [0.25, 0.3) is 0 Å². The van der Waals surface area contributed by atoms with Crippen LogP contribution < -0.4 is 5.76 Å². The molecule has 2 aliphatic rings. The highest BCUT2D eigenvalue weighted by Gasteiger charge is 2.59. The number of fused-ring (bicyclic) bond motifs is 1. The summed E-state index contributed by atoms with van der Waals surface area (Å²) in [6.45, 7) is 6.83. The van der Waals surface area contributed by atoms with Crippen LogP contribution in [0.25, 0.3) is 10.9 Å². The van der Waals surface area contributed by atoms with Crippen LogP contribution in [0.5, 0.6) is 0 Å². The van der Waals surface area contributed by atoms with E-state index >= 15 is 0 Å². The fourth-order valence-corrected chi connectivity index (χ4v) is 4.99. The Morgan fingerprint density at radius 2 is 2.10 bits per heavy atom. The van der Waals surface area contributed by atoms with Gasteiger partial charge in [-0.3, -0.25) is 14.5 Å². The van der Waals surface area contributed by atoms with Gasteiger partial charge in [0.15, 0.2) is 5.82 Å². The summed E-state index contributed by atoms with van der Waals surface area (Å²) >= 11 is 0. The maximum atomic E-state index is 12.1.